The van der Waals surface area contributed by atoms with Gasteiger partial charge in [0.25, 0.3) is 8.32 Å². The van der Waals surface area contributed by atoms with Gasteiger partial charge in [-0.1, -0.05) is 80.9 Å². The van der Waals surface area contributed by atoms with Gasteiger partial charge in [-0.25, -0.2) is 0 Å². The fourth-order valence-electron chi connectivity index (χ4n) is 7.77. The van der Waals surface area contributed by atoms with Gasteiger partial charge < -0.3 is 9.53 Å². The second kappa shape index (κ2) is 8.28. The van der Waals surface area contributed by atoms with Gasteiger partial charge in [-0.05, 0) is 59.4 Å². The summed E-state index contributed by atoms with van der Waals surface area (Å²) in [5, 5.41) is 1.89. The van der Waals surface area contributed by atoms with E-state index in [2.05, 4.69) is 38.1 Å². The molecule has 0 amide bonds. The summed E-state index contributed by atoms with van der Waals surface area (Å²) in [7, 11) is -3.02. The topological polar surface area (TPSA) is 47.9 Å². The van der Waals surface area contributed by atoms with Crippen molar-refractivity contribution in [1.82, 2.24) is 0 Å². The van der Waals surface area contributed by atoms with E-state index in [4.69, 9.17) is 14.5 Å². The van der Waals surface area contributed by atoms with Crippen LogP contribution in [0.4, 0.5) is 0 Å². The lowest BCUT2D eigenvalue weighted by molar-refractivity contribution is -0.363. The summed E-state index contributed by atoms with van der Waals surface area (Å²) in [6.45, 7) is 4.54. The Morgan fingerprint density at radius 3 is 2.18 bits per heavy atom. The van der Waals surface area contributed by atoms with Crippen LogP contribution in [0.15, 0.2) is 60.7 Å². The van der Waals surface area contributed by atoms with Gasteiger partial charge in [-0.15, -0.1) is 0 Å². The zero-order valence-electron chi connectivity index (χ0n) is 20.5. The first-order valence-electron chi connectivity index (χ1n) is 13.2. The van der Waals surface area contributed by atoms with Crippen LogP contribution in [-0.2, 0) is 14.5 Å². The van der Waals surface area contributed by atoms with E-state index in [1.54, 1.807) is 0 Å². The highest BCUT2D eigenvalue weighted by molar-refractivity contribution is 6.98. The van der Waals surface area contributed by atoms with Gasteiger partial charge in [0.2, 0.25) is 11.6 Å². The molecular weight excluding hydrogens is 440 g/mol. The maximum absolute atomic E-state index is 12.6. The highest BCUT2D eigenvalue weighted by Crippen LogP contribution is 2.60. The zero-order chi connectivity index (χ0) is 23.4. The van der Waals surface area contributed by atoms with Crippen LogP contribution in [-0.4, -0.2) is 24.7 Å². The molecule has 1 saturated heterocycles. The van der Waals surface area contributed by atoms with Crippen molar-refractivity contribution in [2.75, 3.05) is 0 Å². The fraction of sp³-hybridized carbons (Fsp3) is 0.586. The van der Waals surface area contributed by atoms with Crippen LogP contribution in [0, 0.1) is 17.8 Å². The largest absolute Gasteiger partial charge is 0.424 e. The van der Waals surface area contributed by atoms with E-state index in [0.29, 0.717) is 11.8 Å². The summed E-state index contributed by atoms with van der Waals surface area (Å²) in [6.07, 6.45) is 9.64. The minimum Gasteiger partial charge on any atom is -0.424 e. The minimum absolute atomic E-state index is 0.261. The second-order valence-electron chi connectivity index (χ2n) is 12.1. The van der Waals surface area contributed by atoms with Crippen molar-refractivity contribution in [3.8, 4) is 0 Å². The molecule has 1 heterocycles. The van der Waals surface area contributed by atoms with Crippen molar-refractivity contribution in [3.05, 3.63) is 60.7 Å². The molecule has 3 aliphatic carbocycles. The molecule has 4 nitrogen and oxygen atoms in total. The van der Waals surface area contributed by atoms with Crippen molar-refractivity contribution in [2.24, 2.45) is 17.8 Å². The summed E-state index contributed by atoms with van der Waals surface area (Å²) < 4.78 is 6.78. The van der Waals surface area contributed by atoms with Gasteiger partial charge in [-0.3, -0.25) is 0 Å². The molecule has 2 spiro atoms. The molecule has 0 aromatic heterocycles. The predicted molar refractivity (Wildman–Crippen MR) is 135 cm³/mol. The molecule has 0 radical (unpaired) electrons. The first kappa shape index (κ1) is 22.9. The van der Waals surface area contributed by atoms with E-state index in [1.165, 1.54) is 19.3 Å². The number of fused-ring (bicyclic) bond motifs is 3. The van der Waals surface area contributed by atoms with Crippen LogP contribution < -0.4 is 10.4 Å². The lowest BCUT2D eigenvalue weighted by Gasteiger charge is -2.45. The molecule has 34 heavy (non-hydrogen) atoms. The third kappa shape index (κ3) is 3.63. The second-order valence-corrected chi connectivity index (χ2v) is 16.0. The van der Waals surface area contributed by atoms with Crippen LogP contribution in [0.5, 0.6) is 0 Å². The molecule has 4 aliphatic rings. The fourth-order valence-corrected chi connectivity index (χ4v) is 11.6. The Morgan fingerprint density at radius 2 is 1.59 bits per heavy atom. The first-order valence-corrected chi connectivity index (χ1v) is 15.2. The quantitative estimate of drug-likeness (QED) is 0.469. The van der Waals surface area contributed by atoms with Gasteiger partial charge in [-0.2, -0.15) is 9.78 Å². The zero-order valence-corrected chi connectivity index (χ0v) is 21.5. The third-order valence-corrected chi connectivity index (χ3v) is 13.9. The predicted octanol–water partition coefficient (Wildman–Crippen LogP) is 5.29. The first-order chi connectivity index (χ1) is 16.3. The highest BCUT2D eigenvalue weighted by Gasteiger charge is 2.63. The van der Waals surface area contributed by atoms with E-state index in [-0.39, 0.29) is 5.04 Å². The van der Waals surface area contributed by atoms with Crippen LogP contribution in [0.2, 0.25) is 5.04 Å². The molecule has 6 rings (SSSR count). The molecule has 3 saturated carbocycles. The monoisotopic (exact) mass is 478 g/mol. The van der Waals surface area contributed by atoms with Gasteiger partial charge in [0.1, 0.15) is 0 Å². The van der Waals surface area contributed by atoms with E-state index >= 15 is 0 Å². The maximum atomic E-state index is 12.6. The van der Waals surface area contributed by atoms with Gasteiger partial charge in [0, 0.05) is 25.2 Å². The number of benzene rings is 2. The maximum Gasteiger partial charge on any atom is 0.258 e. The summed E-state index contributed by atoms with van der Waals surface area (Å²) in [4.78, 5) is 24.7. The molecule has 3 unspecified atom stereocenters. The third-order valence-electron chi connectivity index (χ3n) is 9.36. The van der Waals surface area contributed by atoms with E-state index < -0.39 is 19.9 Å². The molecule has 182 valence electrons. The van der Waals surface area contributed by atoms with Gasteiger partial charge in [0.15, 0.2) is 0 Å². The minimum atomic E-state index is -3.02. The van der Waals surface area contributed by atoms with Crippen molar-refractivity contribution in [2.45, 2.75) is 88.2 Å². The van der Waals surface area contributed by atoms with Crippen molar-refractivity contribution < 1.29 is 19.3 Å². The number of ether oxygens (including phenoxy) is 1. The molecule has 2 aromatic carbocycles. The molecular formula is C29H38O4Si. The van der Waals surface area contributed by atoms with E-state index in [9.17, 15) is 4.80 Å². The van der Waals surface area contributed by atoms with E-state index in [0.717, 1.165) is 54.8 Å². The normalized spacial score (nSPS) is 35.4. The van der Waals surface area contributed by atoms with Crippen LogP contribution >= 0.6 is 0 Å². The highest BCUT2D eigenvalue weighted by atomic mass is 28.4. The Morgan fingerprint density at radius 1 is 0.912 bits per heavy atom. The lowest BCUT2D eigenvalue weighted by atomic mass is 9.79. The Kier molecular flexibility index (Phi) is 5.58. The average Bonchev–Trinajstić information content (AvgIpc) is 3.54. The Balaban J connectivity index is 1.25. The summed E-state index contributed by atoms with van der Waals surface area (Å²) in [6, 6.07) is 20.7. The lowest BCUT2D eigenvalue weighted by Crippen LogP contribution is -2.65. The Labute approximate surface area is 204 Å². The van der Waals surface area contributed by atoms with Crippen molar-refractivity contribution in [1.29, 1.82) is 0 Å². The molecule has 1 aliphatic heterocycles. The number of hydrogen-bond donors (Lipinski definition) is 1. The number of rotatable bonds is 5. The number of hydrogen-bond acceptors (Lipinski definition) is 4. The molecule has 5 atom stereocenters. The van der Waals surface area contributed by atoms with Crippen LogP contribution in [0.3, 0.4) is 0 Å². The van der Waals surface area contributed by atoms with Gasteiger partial charge >= 0.3 is 0 Å². The Hall–Kier alpha value is -1.50. The van der Waals surface area contributed by atoms with Crippen molar-refractivity contribution >= 4 is 18.7 Å². The molecule has 2 aromatic rings. The molecule has 1 N–H and O–H groups in total. The van der Waals surface area contributed by atoms with Crippen molar-refractivity contribution in [3.63, 3.8) is 0 Å². The van der Waals surface area contributed by atoms with Gasteiger partial charge in [0.05, 0.1) is 0 Å². The molecule has 2 bridgehead atoms. The summed E-state index contributed by atoms with van der Waals surface area (Å²) >= 11 is 0. The molecule has 5 heteroatoms. The summed E-state index contributed by atoms with van der Waals surface area (Å²) in [5.74, 6) is 0.543. The standard InChI is InChI=1S/C29H38O4Si/c1-27(2,34(30,25-11-5-3-6-12-25)26-13-7-4-8-14-26)19-23-10-9-17-28(20-23)31-29(33-32-28)21-22-15-16-24(29)18-22/h3-8,11-14,22-24,30H,9-10,15-21H2,1-2H3/t22?,23-,24?,28+,29?/m0/s1. The SMILES string of the molecule is CC(C)(C[C@@H]1CCC[C@]2(C1)OOC1(CC3CCC1C3)O2)[Si](O)(c1ccccc1)c1ccccc1. The van der Waals surface area contributed by atoms with Crippen LogP contribution in [0.1, 0.15) is 71.6 Å². The van der Waals surface area contributed by atoms with E-state index in [1.807, 2.05) is 36.4 Å². The average molecular weight is 479 g/mol. The summed E-state index contributed by atoms with van der Waals surface area (Å²) in [5.41, 5.74) is 0. The molecule has 4 fully saturated rings. The Bertz CT molecular complexity index is 972. The van der Waals surface area contributed by atoms with Crippen LogP contribution in [0.25, 0.3) is 0 Å². The smallest absolute Gasteiger partial charge is 0.258 e.